The topological polar surface area (TPSA) is 120 Å². The fourth-order valence-corrected chi connectivity index (χ4v) is 9.70. The zero-order valence-electron chi connectivity index (χ0n) is 38.3. The van der Waals surface area contributed by atoms with E-state index in [1.165, 1.54) is 4.90 Å². The molecule has 9 aromatic carbocycles. The summed E-state index contributed by atoms with van der Waals surface area (Å²) < 4.78 is 2.07. The Morgan fingerprint density at radius 1 is 0.278 bits per heavy atom. The van der Waals surface area contributed by atoms with E-state index in [2.05, 4.69) is 16.7 Å². The van der Waals surface area contributed by atoms with E-state index in [4.69, 9.17) is 29.9 Å². The number of aromatic nitrogens is 7. The monoisotopic (exact) mass is 926 g/mol. The van der Waals surface area contributed by atoms with Crippen LogP contribution in [-0.2, 0) is 0 Å². The summed E-state index contributed by atoms with van der Waals surface area (Å²) in [5, 5.41) is 1.71. The first kappa shape index (κ1) is 42.1. The second-order valence-electron chi connectivity index (χ2n) is 17.4. The molecular weight excluding hydrogens is 889 g/mol. The summed E-state index contributed by atoms with van der Waals surface area (Å²) in [6, 6.07) is 74.5. The van der Waals surface area contributed by atoms with Crippen LogP contribution in [0.25, 0.3) is 107 Å². The molecule has 2 amide bonds. The second-order valence-corrected chi connectivity index (χ2v) is 17.4. The molecule has 0 fully saturated rings. The molecule has 4 heterocycles. The smallest absolute Gasteiger partial charge is 0.268 e. The van der Waals surface area contributed by atoms with E-state index in [-0.39, 0.29) is 11.1 Å². The van der Waals surface area contributed by atoms with Gasteiger partial charge in [0.25, 0.3) is 11.8 Å². The maximum absolute atomic E-state index is 15.3. The third-order valence-electron chi connectivity index (χ3n) is 13.1. The largest absolute Gasteiger partial charge is 0.307 e. The summed E-state index contributed by atoms with van der Waals surface area (Å²) in [5.74, 6) is 1.99. The first-order valence-electron chi connectivity index (χ1n) is 23.5. The van der Waals surface area contributed by atoms with Crippen LogP contribution in [0.1, 0.15) is 20.7 Å². The Morgan fingerprint density at radius 2 is 0.625 bits per heavy atom. The number of fused-ring (bicyclic) bond motifs is 4. The number of hydrogen-bond acceptors (Lipinski definition) is 8. The summed E-state index contributed by atoms with van der Waals surface area (Å²) in [6.45, 7) is 0. The van der Waals surface area contributed by atoms with Crippen LogP contribution < -0.4 is 4.90 Å². The fraction of sp³-hybridized carbons (Fsp3) is 0. The Labute approximate surface area is 413 Å². The predicted molar refractivity (Wildman–Crippen MR) is 283 cm³/mol. The minimum Gasteiger partial charge on any atom is -0.307 e. The van der Waals surface area contributed by atoms with Gasteiger partial charge in [-0.25, -0.2) is 34.8 Å². The van der Waals surface area contributed by atoms with Gasteiger partial charge in [-0.1, -0.05) is 194 Å². The van der Waals surface area contributed by atoms with Gasteiger partial charge < -0.3 is 4.57 Å². The lowest BCUT2D eigenvalue weighted by Crippen LogP contribution is -2.29. The number of carbonyl (C=O) groups is 2. The van der Waals surface area contributed by atoms with E-state index in [1.807, 2.05) is 212 Å². The highest BCUT2D eigenvalue weighted by Gasteiger charge is 2.40. The van der Waals surface area contributed by atoms with Crippen LogP contribution in [0.15, 0.2) is 231 Å². The van der Waals surface area contributed by atoms with Gasteiger partial charge in [0.05, 0.1) is 33.5 Å². The van der Waals surface area contributed by atoms with Crippen molar-refractivity contribution in [3.8, 4) is 85.1 Å². The minimum atomic E-state index is -0.446. The molecule has 10 nitrogen and oxygen atoms in total. The third-order valence-corrected chi connectivity index (χ3v) is 13.1. The Hall–Kier alpha value is -10.1. The van der Waals surface area contributed by atoms with Gasteiger partial charge in [-0.15, -0.1) is 0 Å². The van der Waals surface area contributed by atoms with Gasteiger partial charge in [0.2, 0.25) is 0 Å². The molecule has 12 aromatic rings. The third kappa shape index (κ3) is 7.21. The van der Waals surface area contributed by atoms with Crippen LogP contribution in [0.4, 0.5) is 5.69 Å². The Morgan fingerprint density at radius 3 is 1.04 bits per heavy atom. The van der Waals surface area contributed by atoms with Crippen molar-refractivity contribution in [2.45, 2.75) is 0 Å². The Balaban J connectivity index is 1.09. The number of nitrogens with zero attached hydrogens (tertiary/aromatic N) is 8. The highest BCUT2D eigenvalue weighted by molar-refractivity contribution is 6.36. The van der Waals surface area contributed by atoms with Crippen LogP contribution in [0.3, 0.4) is 0 Å². The zero-order chi connectivity index (χ0) is 48.1. The highest BCUT2D eigenvalue weighted by Crippen LogP contribution is 2.44. The SMILES string of the molecule is O=C1c2cccc(-n3c4c(-c5nc(-c6ccccc6)nc(-c6ccccc6)n5)cccc4c4cccc(-c5nc(-c6ccccc6)nc(-c6ccccc6)n5)c43)c2C(=O)N1c1ccc(-c2ccccc2)cc1. The minimum absolute atomic E-state index is 0.259. The number of amides is 2. The normalized spacial score (nSPS) is 12.2. The molecule has 72 heavy (non-hydrogen) atoms. The molecule has 1 aliphatic rings. The average Bonchev–Trinajstić information content (AvgIpc) is 3.94. The molecule has 338 valence electrons. The molecular formula is C62H38N8O2. The van der Waals surface area contributed by atoms with E-state index in [1.54, 1.807) is 6.07 Å². The molecule has 0 atom stereocenters. The lowest BCUT2D eigenvalue weighted by Gasteiger charge is -2.17. The van der Waals surface area contributed by atoms with E-state index in [0.717, 1.165) is 44.2 Å². The molecule has 0 N–H and O–H groups in total. The first-order valence-corrected chi connectivity index (χ1v) is 23.5. The van der Waals surface area contributed by atoms with Gasteiger partial charge in [0, 0.05) is 44.2 Å². The Kier molecular flexibility index (Phi) is 10.2. The van der Waals surface area contributed by atoms with Gasteiger partial charge in [-0.2, -0.15) is 0 Å². The molecule has 0 spiro atoms. The quantitative estimate of drug-likeness (QED) is 0.131. The Bertz CT molecular complexity index is 3760. The fourth-order valence-electron chi connectivity index (χ4n) is 9.70. The molecule has 3 aromatic heterocycles. The van der Waals surface area contributed by atoms with Crippen LogP contribution in [-0.4, -0.2) is 46.3 Å². The number of imide groups is 1. The zero-order valence-corrected chi connectivity index (χ0v) is 38.3. The van der Waals surface area contributed by atoms with E-state index in [9.17, 15) is 4.79 Å². The van der Waals surface area contributed by atoms with Gasteiger partial charge in [0.1, 0.15) is 0 Å². The maximum atomic E-state index is 15.3. The van der Waals surface area contributed by atoms with E-state index in [0.29, 0.717) is 68.5 Å². The molecule has 1 aliphatic heterocycles. The van der Waals surface area contributed by atoms with Crippen molar-refractivity contribution in [1.29, 1.82) is 0 Å². The number of anilines is 1. The van der Waals surface area contributed by atoms with Crippen LogP contribution in [0.5, 0.6) is 0 Å². The van der Waals surface area contributed by atoms with Crippen molar-refractivity contribution in [1.82, 2.24) is 34.5 Å². The van der Waals surface area contributed by atoms with Crippen molar-refractivity contribution in [3.63, 3.8) is 0 Å². The van der Waals surface area contributed by atoms with Gasteiger partial charge in [-0.05, 0) is 47.5 Å². The standard InChI is InChI=1S/C62H38N8O2/c71-61-48-31-18-34-51(52(48)62(72)69(61)45-37-35-40(36-38-45)39-19-6-1-7-20-39)70-53-46(29-16-32-49(53)59-65-55(41-21-8-2-9-22-41)63-56(66-59)42-23-10-3-11-24-42)47-30-17-33-50(54(47)70)60-67-57(43-25-12-4-13-26-43)64-58(68-60)44-27-14-5-15-28-44/h1-38H. The second kappa shape index (κ2) is 17.5. The lowest BCUT2D eigenvalue weighted by atomic mass is 10.1. The molecule has 0 unspecified atom stereocenters. The summed E-state index contributed by atoms with van der Waals surface area (Å²) in [4.78, 5) is 62.1. The number of para-hydroxylation sites is 2. The summed E-state index contributed by atoms with van der Waals surface area (Å²) in [5.41, 5.74) is 9.60. The predicted octanol–water partition coefficient (Wildman–Crippen LogP) is 13.6. The van der Waals surface area contributed by atoms with Crippen LogP contribution in [0.2, 0.25) is 0 Å². The summed E-state index contributed by atoms with van der Waals surface area (Å²) in [6.07, 6.45) is 0. The molecule has 0 bridgehead atoms. The average molecular weight is 927 g/mol. The van der Waals surface area contributed by atoms with Crippen molar-refractivity contribution < 1.29 is 9.59 Å². The highest BCUT2D eigenvalue weighted by atomic mass is 16.2. The van der Waals surface area contributed by atoms with Crippen molar-refractivity contribution in [3.05, 3.63) is 242 Å². The molecule has 0 saturated heterocycles. The van der Waals surface area contributed by atoms with Crippen molar-refractivity contribution in [2.75, 3.05) is 4.90 Å². The van der Waals surface area contributed by atoms with Gasteiger partial charge in [-0.3, -0.25) is 9.59 Å². The van der Waals surface area contributed by atoms with E-state index < -0.39 is 11.8 Å². The van der Waals surface area contributed by atoms with Crippen molar-refractivity contribution >= 4 is 39.3 Å². The number of carbonyl (C=O) groups excluding carboxylic acids is 2. The molecule has 10 heteroatoms. The van der Waals surface area contributed by atoms with Crippen LogP contribution in [0, 0.1) is 0 Å². The summed E-state index contributed by atoms with van der Waals surface area (Å²) in [7, 11) is 0. The van der Waals surface area contributed by atoms with Gasteiger partial charge in [0.15, 0.2) is 34.9 Å². The van der Waals surface area contributed by atoms with Crippen LogP contribution >= 0.6 is 0 Å². The maximum Gasteiger partial charge on any atom is 0.268 e. The first-order chi connectivity index (χ1) is 35.6. The van der Waals surface area contributed by atoms with Crippen molar-refractivity contribution in [2.24, 2.45) is 0 Å². The summed E-state index contributed by atoms with van der Waals surface area (Å²) >= 11 is 0. The number of benzene rings is 9. The molecule has 0 radical (unpaired) electrons. The lowest BCUT2D eigenvalue weighted by molar-refractivity contribution is 0.0926. The molecule has 13 rings (SSSR count). The van der Waals surface area contributed by atoms with E-state index >= 15 is 4.79 Å². The molecule has 0 saturated carbocycles. The molecule has 0 aliphatic carbocycles. The van der Waals surface area contributed by atoms with Gasteiger partial charge >= 0.3 is 0 Å². The number of hydrogen-bond donors (Lipinski definition) is 0. The number of rotatable bonds is 9.